The van der Waals surface area contributed by atoms with Gasteiger partial charge in [-0.2, -0.15) is 26.3 Å². The number of alkyl halides is 6. The molecule has 1 aromatic carbocycles. The molecule has 1 aromatic rings. The molecule has 1 rings (SSSR count). The molecule has 0 bridgehead atoms. The molecular formula is C12H12F6N2O. The third kappa shape index (κ3) is 5.52. The SMILES string of the molecule is N=C(N)c1cc(C(F)(F)F)ccc1OCCCC(F)(F)F. The minimum Gasteiger partial charge on any atom is -0.493 e. The molecule has 0 atom stereocenters. The first-order valence-electron chi connectivity index (χ1n) is 5.76. The maximum Gasteiger partial charge on any atom is 0.416 e. The number of hydrogen-bond donors (Lipinski definition) is 2. The van der Waals surface area contributed by atoms with Crippen LogP contribution in [0.2, 0.25) is 0 Å². The van der Waals surface area contributed by atoms with Crippen LogP contribution in [0.25, 0.3) is 0 Å². The van der Waals surface area contributed by atoms with Crippen molar-refractivity contribution in [1.82, 2.24) is 0 Å². The lowest BCUT2D eigenvalue weighted by Crippen LogP contribution is -2.16. The van der Waals surface area contributed by atoms with E-state index >= 15 is 0 Å². The highest BCUT2D eigenvalue weighted by Crippen LogP contribution is 2.32. The molecule has 0 unspecified atom stereocenters. The molecule has 0 fully saturated rings. The zero-order chi connectivity index (χ0) is 16.3. The van der Waals surface area contributed by atoms with Crippen LogP contribution >= 0.6 is 0 Å². The summed E-state index contributed by atoms with van der Waals surface area (Å²) in [5.74, 6) is -0.815. The van der Waals surface area contributed by atoms with Gasteiger partial charge in [0.15, 0.2) is 0 Å². The summed E-state index contributed by atoms with van der Waals surface area (Å²) in [7, 11) is 0. The average molecular weight is 314 g/mol. The zero-order valence-electron chi connectivity index (χ0n) is 10.6. The van der Waals surface area contributed by atoms with E-state index in [1.54, 1.807) is 0 Å². The predicted molar refractivity (Wildman–Crippen MR) is 63.2 cm³/mol. The Morgan fingerprint density at radius 2 is 1.76 bits per heavy atom. The molecule has 3 N–H and O–H groups in total. The summed E-state index contributed by atoms with van der Waals surface area (Å²) in [6.45, 7) is -0.342. The normalized spacial score (nSPS) is 12.3. The number of halogens is 6. The number of hydrogen-bond acceptors (Lipinski definition) is 2. The monoisotopic (exact) mass is 314 g/mol. The number of ether oxygens (including phenoxy) is 1. The van der Waals surface area contributed by atoms with Crippen LogP contribution < -0.4 is 10.5 Å². The summed E-state index contributed by atoms with van der Waals surface area (Å²) in [5, 5.41) is 7.21. The van der Waals surface area contributed by atoms with Crippen molar-refractivity contribution in [3.8, 4) is 5.75 Å². The Balaban J connectivity index is 2.81. The second-order valence-corrected chi connectivity index (χ2v) is 4.19. The van der Waals surface area contributed by atoms with E-state index < -0.39 is 30.2 Å². The van der Waals surface area contributed by atoms with Crippen molar-refractivity contribution in [2.75, 3.05) is 6.61 Å². The van der Waals surface area contributed by atoms with Gasteiger partial charge < -0.3 is 10.5 Å². The van der Waals surface area contributed by atoms with Crippen molar-refractivity contribution in [1.29, 1.82) is 5.41 Å². The van der Waals surface area contributed by atoms with Crippen molar-refractivity contribution in [3.05, 3.63) is 29.3 Å². The third-order valence-electron chi connectivity index (χ3n) is 2.46. The number of benzene rings is 1. The van der Waals surface area contributed by atoms with Gasteiger partial charge in [0.1, 0.15) is 11.6 Å². The molecule has 0 radical (unpaired) electrons. The molecular weight excluding hydrogens is 302 g/mol. The van der Waals surface area contributed by atoms with E-state index in [1.807, 2.05) is 0 Å². The molecule has 118 valence electrons. The lowest BCUT2D eigenvalue weighted by Gasteiger charge is -2.14. The summed E-state index contributed by atoms with van der Waals surface area (Å²) >= 11 is 0. The van der Waals surface area contributed by atoms with Gasteiger partial charge in [-0.25, -0.2) is 0 Å². The molecule has 0 aliphatic rings. The van der Waals surface area contributed by atoms with Crippen LogP contribution in [0.4, 0.5) is 26.3 Å². The zero-order valence-corrected chi connectivity index (χ0v) is 10.6. The smallest absolute Gasteiger partial charge is 0.416 e. The molecule has 9 heteroatoms. The predicted octanol–water partition coefficient (Wildman–Crippen LogP) is 3.71. The van der Waals surface area contributed by atoms with E-state index in [9.17, 15) is 26.3 Å². The van der Waals surface area contributed by atoms with E-state index in [4.69, 9.17) is 15.9 Å². The minimum absolute atomic E-state index is 0.155. The highest BCUT2D eigenvalue weighted by molar-refractivity contribution is 5.97. The van der Waals surface area contributed by atoms with E-state index in [0.29, 0.717) is 12.1 Å². The van der Waals surface area contributed by atoms with E-state index in [2.05, 4.69) is 0 Å². The Morgan fingerprint density at radius 1 is 1.14 bits per heavy atom. The molecule has 0 saturated carbocycles. The van der Waals surface area contributed by atoms with Crippen LogP contribution in [-0.4, -0.2) is 18.6 Å². The lowest BCUT2D eigenvalue weighted by atomic mass is 10.1. The Hall–Kier alpha value is -1.93. The van der Waals surface area contributed by atoms with Gasteiger partial charge >= 0.3 is 12.4 Å². The number of nitrogens with two attached hydrogens (primary N) is 1. The maximum absolute atomic E-state index is 12.5. The van der Waals surface area contributed by atoms with Gasteiger partial charge in [-0.3, -0.25) is 5.41 Å². The largest absolute Gasteiger partial charge is 0.493 e. The Labute approximate surface area is 116 Å². The van der Waals surface area contributed by atoms with Gasteiger partial charge in [0, 0.05) is 6.42 Å². The molecule has 0 aliphatic carbocycles. The quantitative estimate of drug-likeness (QED) is 0.377. The summed E-state index contributed by atoms with van der Waals surface area (Å²) < 4.78 is 78.4. The fourth-order valence-electron chi connectivity index (χ4n) is 1.50. The highest BCUT2D eigenvalue weighted by atomic mass is 19.4. The van der Waals surface area contributed by atoms with Crippen LogP contribution in [-0.2, 0) is 6.18 Å². The average Bonchev–Trinajstić information content (AvgIpc) is 2.32. The topological polar surface area (TPSA) is 59.1 Å². The van der Waals surface area contributed by atoms with Crippen LogP contribution in [0.1, 0.15) is 24.0 Å². The molecule has 0 amide bonds. The lowest BCUT2D eigenvalue weighted by molar-refractivity contribution is -0.138. The van der Waals surface area contributed by atoms with Crippen LogP contribution in [0.5, 0.6) is 5.75 Å². The van der Waals surface area contributed by atoms with E-state index in [-0.39, 0.29) is 24.3 Å². The number of nitrogen functional groups attached to an aromatic ring is 1. The Kier molecular flexibility index (Phi) is 5.08. The van der Waals surface area contributed by atoms with Gasteiger partial charge in [0.05, 0.1) is 17.7 Å². The van der Waals surface area contributed by atoms with Crippen molar-refractivity contribution in [2.24, 2.45) is 5.73 Å². The van der Waals surface area contributed by atoms with Gasteiger partial charge in [0.25, 0.3) is 0 Å². The molecule has 21 heavy (non-hydrogen) atoms. The summed E-state index contributed by atoms with van der Waals surface area (Å²) in [6.07, 6.45) is -10.4. The molecule has 0 heterocycles. The van der Waals surface area contributed by atoms with Gasteiger partial charge in [-0.15, -0.1) is 0 Å². The van der Waals surface area contributed by atoms with Gasteiger partial charge in [-0.05, 0) is 24.6 Å². The first-order valence-corrected chi connectivity index (χ1v) is 5.76. The minimum atomic E-state index is -4.61. The standard InChI is InChI=1S/C12H12F6N2O/c13-11(14,15)4-1-5-21-9-3-2-7(12(16,17)18)6-8(9)10(19)20/h2-3,6H,1,4-5H2,(H3,19,20). The number of amidine groups is 1. The van der Waals surface area contributed by atoms with Crippen molar-refractivity contribution in [2.45, 2.75) is 25.2 Å². The third-order valence-corrected chi connectivity index (χ3v) is 2.46. The summed E-state index contributed by atoms with van der Waals surface area (Å²) in [6, 6.07) is 2.28. The molecule has 0 aliphatic heterocycles. The summed E-state index contributed by atoms with van der Waals surface area (Å²) in [5.41, 5.74) is 3.83. The Morgan fingerprint density at radius 3 is 2.24 bits per heavy atom. The Bertz CT molecular complexity index is 509. The first kappa shape index (κ1) is 17.1. The fraction of sp³-hybridized carbons (Fsp3) is 0.417. The first-order chi connectivity index (χ1) is 9.50. The van der Waals surface area contributed by atoms with Crippen LogP contribution in [0, 0.1) is 5.41 Å². The summed E-state index contributed by atoms with van der Waals surface area (Å²) in [4.78, 5) is 0. The van der Waals surface area contributed by atoms with E-state index in [1.165, 1.54) is 0 Å². The molecule has 0 saturated heterocycles. The highest BCUT2D eigenvalue weighted by Gasteiger charge is 2.31. The maximum atomic E-state index is 12.5. The van der Waals surface area contributed by atoms with Gasteiger partial charge in [0.2, 0.25) is 0 Å². The molecule has 3 nitrogen and oxygen atoms in total. The number of nitrogens with one attached hydrogen (secondary N) is 1. The number of rotatable bonds is 5. The molecule has 0 spiro atoms. The van der Waals surface area contributed by atoms with Crippen molar-refractivity contribution in [3.63, 3.8) is 0 Å². The van der Waals surface area contributed by atoms with Gasteiger partial charge in [-0.1, -0.05) is 0 Å². The van der Waals surface area contributed by atoms with Crippen molar-refractivity contribution < 1.29 is 31.1 Å². The second kappa shape index (κ2) is 6.23. The van der Waals surface area contributed by atoms with E-state index in [0.717, 1.165) is 6.07 Å². The fourth-order valence-corrected chi connectivity index (χ4v) is 1.50. The van der Waals surface area contributed by atoms with Crippen molar-refractivity contribution >= 4 is 5.84 Å². The van der Waals surface area contributed by atoms with Crippen LogP contribution in [0.3, 0.4) is 0 Å². The molecule has 0 aromatic heterocycles. The second-order valence-electron chi connectivity index (χ2n) is 4.19. The van der Waals surface area contributed by atoms with Crippen LogP contribution in [0.15, 0.2) is 18.2 Å².